The highest BCUT2D eigenvalue weighted by Gasteiger charge is 2.41. The number of rotatable bonds is 1. The van der Waals surface area contributed by atoms with Crippen LogP contribution in [0.1, 0.15) is 50.1 Å². The maximum absolute atomic E-state index is 6.39. The van der Waals surface area contributed by atoms with E-state index in [4.69, 9.17) is 4.74 Å². The predicted molar refractivity (Wildman–Crippen MR) is 77.0 cm³/mol. The van der Waals surface area contributed by atoms with E-state index in [1.54, 1.807) is 0 Å². The van der Waals surface area contributed by atoms with Crippen LogP contribution in [-0.2, 0) is 0 Å². The molecule has 1 aliphatic carbocycles. The molecule has 1 aliphatic heterocycles. The third-order valence-corrected chi connectivity index (χ3v) is 4.86. The second-order valence-corrected chi connectivity index (χ2v) is 6.49. The molecule has 1 spiro atoms. The van der Waals surface area contributed by atoms with Crippen molar-refractivity contribution in [1.82, 2.24) is 5.32 Å². The molecule has 3 rings (SSSR count). The average molecular weight is 310 g/mol. The van der Waals surface area contributed by atoms with Crippen molar-refractivity contribution in [3.63, 3.8) is 0 Å². The zero-order valence-corrected chi connectivity index (χ0v) is 12.4. The van der Waals surface area contributed by atoms with E-state index in [0.717, 1.165) is 16.6 Å². The van der Waals surface area contributed by atoms with Gasteiger partial charge in [0.1, 0.15) is 11.4 Å². The van der Waals surface area contributed by atoms with Crippen molar-refractivity contribution in [2.75, 3.05) is 7.05 Å². The first-order valence-corrected chi connectivity index (χ1v) is 7.67. The lowest BCUT2D eigenvalue weighted by molar-refractivity contribution is -0.00178. The van der Waals surface area contributed by atoms with Gasteiger partial charge in [-0.15, -0.1) is 0 Å². The van der Waals surface area contributed by atoms with Crippen molar-refractivity contribution in [1.29, 1.82) is 0 Å². The van der Waals surface area contributed by atoms with Gasteiger partial charge in [0.15, 0.2) is 0 Å². The van der Waals surface area contributed by atoms with Gasteiger partial charge in [0, 0.05) is 22.5 Å². The van der Waals surface area contributed by atoms with Crippen LogP contribution in [0.4, 0.5) is 0 Å². The summed E-state index contributed by atoms with van der Waals surface area (Å²) in [7, 11) is 2.05. The molecule has 1 heterocycles. The molecule has 3 heteroatoms. The van der Waals surface area contributed by atoms with Gasteiger partial charge in [-0.05, 0) is 50.9 Å². The van der Waals surface area contributed by atoms with E-state index in [1.807, 2.05) is 0 Å². The lowest BCUT2D eigenvalue weighted by Crippen LogP contribution is -2.45. The molecule has 1 aromatic rings. The van der Waals surface area contributed by atoms with Crippen molar-refractivity contribution in [2.24, 2.45) is 0 Å². The molecular formula is C15H20BrNO. The minimum absolute atomic E-state index is 0.0900. The maximum Gasteiger partial charge on any atom is 0.125 e. The lowest BCUT2D eigenvalue weighted by Gasteiger charge is -2.44. The Morgan fingerprint density at radius 1 is 1.28 bits per heavy atom. The molecule has 0 saturated heterocycles. The van der Waals surface area contributed by atoms with Gasteiger partial charge >= 0.3 is 0 Å². The van der Waals surface area contributed by atoms with Crippen LogP contribution in [-0.4, -0.2) is 12.6 Å². The molecule has 1 N–H and O–H groups in total. The van der Waals surface area contributed by atoms with Gasteiger partial charge in [0.2, 0.25) is 0 Å². The number of ether oxygens (including phenoxy) is 1. The average Bonchev–Trinajstić information content (AvgIpc) is 2.39. The summed E-state index contributed by atoms with van der Waals surface area (Å²) in [6, 6.07) is 6.79. The Morgan fingerprint density at radius 3 is 2.78 bits per heavy atom. The highest BCUT2D eigenvalue weighted by atomic mass is 79.9. The largest absolute Gasteiger partial charge is 0.487 e. The zero-order chi connectivity index (χ0) is 12.6. The molecule has 1 saturated carbocycles. The molecule has 1 atom stereocenters. The minimum atomic E-state index is 0.0900. The number of fused-ring (bicyclic) bond motifs is 1. The normalized spacial score (nSPS) is 25.6. The molecule has 18 heavy (non-hydrogen) atoms. The molecule has 0 radical (unpaired) electrons. The Balaban J connectivity index is 1.96. The van der Waals surface area contributed by atoms with E-state index in [1.165, 1.54) is 37.7 Å². The molecular weight excluding hydrogens is 290 g/mol. The van der Waals surface area contributed by atoms with Crippen molar-refractivity contribution in [3.05, 3.63) is 28.2 Å². The molecule has 1 aromatic carbocycles. The van der Waals surface area contributed by atoms with E-state index in [9.17, 15) is 0 Å². The summed E-state index contributed by atoms with van der Waals surface area (Å²) >= 11 is 3.55. The Hall–Kier alpha value is -0.540. The highest BCUT2D eigenvalue weighted by Crippen LogP contribution is 2.46. The van der Waals surface area contributed by atoms with Gasteiger partial charge in [-0.25, -0.2) is 0 Å². The second-order valence-electron chi connectivity index (χ2n) is 5.57. The van der Waals surface area contributed by atoms with Crippen LogP contribution in [0.2, 0.25) is 0 Å². The van der Waals surface area contributed by atoms with Gasteiger partial charge in [0.25, 0.3) is 0 Å². The third-order valence-electron chi connectivity index (χ3n) is 4.36. The Labute approximate surface area is 117 Å². The standard InChI is InChI=1S/C15H20BrNO/c1-17-13-10-15(7-3-2-4-8-15)18-14-6-5-11(16)9-12(13)14/h5-6,9,13,17H,2-4,7-8,10H2,1H3. The molecule has 1 unspecified atom stereocenters. The van der Waals surface area contributed by atoms with E-state index < -0.39 is 0 Å². The number of halogens is 1. The minimum Gasteiger partial charge on any atom is -0.487 e. The van der Waals surface area contributed by atoms with Gasteiger partial charge in [-0.1, -0.05) is 22.4 Å². The van der Waals surface area contributed by atoms with Gasteiger partial charge in [-0.2, -0.15) is 0 Å². The Morgan fingerprint density at radius 2 is 2.06 bits per heavy atom. The van der Waals surface area contributed by atoms with Gasteiger partial charge in [-0.3, -0.25) is 0 Å². The summed E-state index contributed by atoms with van der Waals surface area (Å²) in [5, 5.41) is 3.46. The molecule has 0 bridgehead atoms. The first-order chi connectivity index (χ1) is 8.72. The topological polar surface area (TPSA) is 21.3 Å². The molecule has 2 aliphatic rings. The SMILES string of the molecule is CNC1CC2(CCCCC2)Oc2ccc(Br)cc21. The quantitative estimate of drug-likeness (QED) is 0.839. The Kier molecular flexibility index (Phi) is 3.37. The van der Waals surface area contributed by atoms with E-state index in [-0.39, 0.29) is 5.60 Å². The Bertz CT molecular complexity index is 440. The molecule has 2 nitrogen and oxygen atoms in total. The van der Waals surface area contributed by atoms with Crippen molar-refractivity contribution in [2.45, 2.75) is 50.2 Å². The first kappa shape index (κ1) is 12.5. The van der Waals surface area contributed by atoms with Crippen LogP contribution in [0.25, 0.3) is 0 Å². The molecule has 0 amide bonds. The van der Waals surface area contributed by atoms with Crippen LogP contribution in [0.5, 0.6) is 5.75 Å². The monoisotopic (exact) mass is 309 g/mol. The number of nitrogens with one attached hydrogen (secondary N) is 1. The van der Waals surface area contributed by atoms with Crippen LogP contribution < -0.4 is 10.1 Å². The fraction of sp³-hybridized carbons (Fsp3) is 0.600. The van der Waals surface area contributed by atoms with Crippen LogP contribution >= 0.6 is 15.9 Å². The molecule has 1 fully saturated rings. The summed E-state index contributed by atoms with van der Waals surface area (Å²) in [5.74, 6) is 1.07. The van der Waals surface area contributed by atoms with Gasteiger partial charge < -0.3 is 10.1 Å². The van der Waals surface area contributed by atoms with Gasteiger partial charge in [0.05, 0.1) is 0 Å². The first-order valence-electron chi connectivity index (χ1n) is 6.88. The van der Waals surface area contributed by atoms with Crippen LogP contribution in [0, 0.1) is 0 Å². The number of hydrogen-bond acceptors (Lipinski definition) is 2. The smallest absolute Gasteiger partial charge is 0.125 e. The second kappa shape index (κ2) is 4.86. The highest BCUT2D eigenvalue weighted by molar-refractivity contribution is 9.10. The summed E-state index contributed by atoms with van der Waals surface area (Å²) in [4.78, 5) is 0. The van der Waals surface area contributed by atoms with Crippen molar-refractivity contribution >= 4 is 15.9 Å². The van der Waals surface area contributed by atoms with E-state index in [2.05, 4.69) is 46.5 Å². The summed E-state index contributed by atoms with van der Waals surface area (Å²) in [6.07, 6.45) is 7.50. The van der Waals surface area contributed by atoms with E-state index >= 15 is 0 Å². The number of hydrogen-bond donors (Lipinski definition) is 1. The molecule has 98 valence electrons. The van der Waals surface area contributed by atoms with Crippen molar-refractivity contribution in [3.8, 4) is 5.75 Å². The van der Waals surface area contributed by atoms with Crippen LogP contribution in [0.15, 0.2) is 22.7 Å². The third kappa shape index (κ3) is 2.19. The summed E-state index contributed by atoms with van der Waals surface area (Å²) in [6.45, 7) is 0. The summed E-state index contributed by atoms with van der Waals surface area (Å²) < 4.78 is 7.52. The van der Waals surface area contributed by atoms with Crippen LogP contribution in [0.3, 0.4) is 0 Å². The van der Waals surface area contributed by atoms with Crippen molar-refractivity contribution < 1.29 is 4.74 Å². The summed E-state index contributed by atoms with van der Waals surface area (Å²) in [5.41, 5.74) is 1.38. The fourth-order valence-electron chi connectivity index (χ4n) is 3.40. The fourth-order valence-corrected chi connectivity index (χ4v) is 3.78. The maximum atomic E-state index is 6.39. The lowest BCUT2D eigenvalue weighted by atomic mass is 9.77. The van der Waals surface area contributed by atoms with E-state index in [0.29, 0.717) is 6.04 Å². The molecule has 0 aromatic heterocycles. The zero-order valence-electron chi connectivity index (χ0n) is 10.8. The number of benzene rings is 1. The predicted octanol–water partition coefficient (Wildman–Crippen LogP) is 4.20.